The van der Waals surface area contributed by atoms with Crippen molar-refractivity contribution in [3.63, 3.8) is 0 Å². The average molecular weight is 384 g/mol. The van der Waals surface area contributed by atoms with Crippen LogP contribution in [0.15, 0.2) is 79.1 Å². The van der Waals surface area contributed by atoms with E-state index >= 15 is 0 Å². The third-order valence-electron chi connectivity index (χ3n) is 4.38. The van der Waals surface area contributed by atoms with Gasteiger partial charge in [-0.05, 0) is 35.9 Å². The van der Waals surface area contributed by atoms with Crippen LogP contribution >= 0.6 is 0 Å². The molecule has 2 heterocycles. The van der Waals surface area contributed by atoms with Crippen molar-refractivity contribution in [1.82, 2.24) is 15.0 Å². The number of benzene rings is 2. The number of carbonyl (C=O) groups is 1. The van der Waals surface area contributed by atoms with Gasteiger partial charge in [0.15, 0.2) is 5.65 Å². The van der Waals surface area contributed by atoms with Crippen molar-refractivity contribution in [2.45, 2.75) is 6.54 Å². The largest absolute Gasteiger partial charge is 0.368 e. The Morgan fingerprint density at radius 3 is 2.62 bits per heavy atom. The standard InChI is InChI=1S/C22H20N6O/c23-20(29)15-28(14-16-5-2-1-3-6-16)18-8-4-7-17(13-18)26-21-10-9-19-22(27-21)25-12-11-24-19/h1-13H,14-15H2,(H2,23,29)(H,25,26,27). The minimum atomic E-state index is -0.380. The van der Waals surface area contributed by atoms with Crippen molar-refractivity contribution >= 4 is 34.3 Å². The number of aromatic nitrogens is 3. The summed E-state index contributed by atoms with van der Waals surface area (Å²) in [6.07, 6.45) is 3.26. The Bertz CT molecular complexity index is 1130. The highest BCUT2D eigenvalue weighted by Gasteiger charge is 2.11. The molecule has 0 spiro atoms. The van der Waals surface area contributed by atoms with Crippen molar-refractivity contribution in [3.8, 4) is 0 Å². The smallest absolute Gasteiger partial charge is 0.236 e. The van der Waals surface area contributed by atoms with Crippen LogP contribution in [0.5, 0.6) is 0 Å². The number of nitrogens with two attached hydrogens (primary N) is 1. The minimum Gasteiger partial charge on any atom is -0.368 e. The van der Waals surface area contributed by atoms with Gasteiger partial charge in [-0.2, -0.15) is 0 Å². The van der Waals surface area contributed by atoms with Crippen LogP contribution in [0, 0.1) is 0 Å². The van der Waals surface area contributed by atoms with Gasteiger partial charge in [-0.1, -0.05) is 36.4 Å². The van der Waals surface area contributed by atoms with Crippen LogP contribution in [0.2, 0.25) is 0 Å². The van der Waals surface area contributed by atoms with Crippen molar-refractivity contribution < 1.29 is 4.79 Å². The van der Waals surface area contributed by atoms with Gasteiger partial charge in [0.25, 0.3) is 0 Å². The zero-order valence-corrected chi connectivity index (χ0v) is 15.7. The Labute approximate surface area is 168 Å². The quantitative estimate of drug-likeness (QED) is 0.508. The van der Waals surface area contributed by atoms with Gasteiger partial charge in [0, 0.05) is 30.3 Å². The third kappa shape index (κ3) is 4.65. The Hall–Kier alpha value is -4.00. The predicted octanol–water partition coefficient (Wildman–Crippen LogP) is 3.26. The molecule has 0 fully saturated rings. The molecule has 0 saturated heterocycles. The van der Waals surface area contributed by atoms with E-state index in [-0.39, 0.29) is 12.5 Å². The summed E-state index contributed by atoms with van der Waals surface area (Å²) in [7, 11) is 0. The minimum absolute atomic E-state index is 0.127. The summed E-state index contributed by atoms with van der Waals surface area (Å²) in [6.45, 7) is 0.708. The predicted molar refractivity (Wildman–Crippen MR) is 114 cm³/mol. The molecule has 0 radical (unpaired) electrons. The summed E-state index contributed by atoms with van der Waals surface area (Å²) in [5.41, 5.74) is 9.63. The molecule has 3 N–H and O–H groups in total. The van der Waals surface area contributed by atoms with E-state index in [1.807, 2.05) is 71.6 Å². The van der Waals surface area contributed by atoms with Crippen LogP contribution in [0.3, 0.4) is 0 Å². The maximum atomic E-state index is 11.6. The molecule has 0 unspecified atom stereocenters. The fourth-order valence-corrected chi connectivity index (χ4v) is 3.08. The number of amides is 1. The molecule has 0 atom stereocenters. The van der Waals surface area contributed by atoms with E-state index in [2.05, 4.69) is 20.3 Å². The molecule has 29 heavy (non-hydrogen) atoms. The van der Waals surface area contributed by atoms with E-state index in [1.165, 1.54) is 0 Å². The SMILES string of the molecule is NC(=O)CN(Cc1ccccc1)c1cccc(Nc2ccc3nccnc3n2)c1. The van der Waals surface area contributed by atoms with Crippen LogP contribution in [0.1, 0.15) is 5.56 Å². The molecule has 7 nitrogen and oxygen atoms in total. The highest BCUT2D eigenvalue weighted by atomic mass is 16.1. The van der Waals surface area contributed by atoms with Gasteiger partial charge in [-0.25, -0.2) is 9.97 Å². The summed E-state index contributed by atoms with van der Waals surface area (Å²) < 4.78 is 0. The second-order valence-corrected chi connectivity index (χ2v) is 6.58. The average Bonchev–Trinajstić information content (AvgIpc) is 2.74. The summed E-state index contributed by atoms with van der Waals surface area (Å²) in [4.78, 5) is 26.5. The van der Waals surface area contributed by atoms with Gasteiger partial charge in [0.1, 0.15) is 11.3 Å². The number of nitrogens with one attached hydrogen (secondary N) is 1. The first kappa shape index (κ1) is 18.4. The first-order valence-corrected chi connectivity index (χ1v) is 9.19. The lowest BCUT2D eigenvalue weighted by molar-refractivity contribution is -0.116. The maximum absolute atomic E-state index is 11.6. The van der Waals surface area contributed by atoms with Gasteiger partial charge in [-0.15, -0.1) is 0 Å². The molecule has 144 valence electrons. The number of hydrogen-bond donors (Lipinski definition) is 2. The number of anilines is 3. The van der Waals surface area contributed by atoms with E-state index < -0.39 is 0 Å². The van der Waals surface area contributed by atoms with Crippen LogP contribution in [0.25, 0.3) is 11.2 Å². The van der Waals surface area contributed by atoms with Crippen LogP contribution in [-0.4, -0.2) is 27.4 Å². The molecule has 2 aromatic carbocycles. The molecule has 4 rings (SSSR count). The lowest BCUT2D eigenvalue weighted by Crippen LogP contribution is -2.33. The number of rotatable bonds is 7. The van der Waals surface area contributed by atoms with Crippen molar-refractivity contribution in [2.24, 2.45) is 5.73 Å². The number of hydrogen-bond acceptors (Lipinski definition) is 6. The number of primary amides is 1. The van der Waals surface area contributed by atoms with E-state index in [4.69, 9.17) is 5.73 Å². The van der Waals surface area contributed by atoms with E-state index in [0.717, 1.165) is 22.5 Å². The zero-order chi connectivity index (χ0) is 20.1. The molecule has 0 saturated carbocycles. The Kier molecular flexibility index (Phi) is 5.29. The summed E-state index contributed by atoms with van der Waals surface area (Å²) >= 11 is 0. The number of fused-ring (bicyclic) bond motifs is 1. The lowest BCUT2D eigenvalue weighted by Gasteiger charge is -2.24. The molecule has 0 aliphatic rings. The maximum Gasteiger partial charge on any atom is 0.236 e. The van der Waals surface area contributed by atoms with Gasteiger partial charge in [0.05, 0.1) is 6.54 Å². The van der Waals surface area contributed by atoms with Crippen molar-refractivity contribution in [1.29, 1.82) is 0 Å². The monoisotopic (exact) mass is 384 g/mol. The highest BCUT2D eigenvalue weighted by molar-refractivity contribution is 5.80. The van der Waals surface area contributed by atoms with E-state index in [1.54, 1.807) is 12.4 Å². The molecule has 0 aliphatic heterocycles. The Morgan fingerprint density at radius 2 is 1.79 bits per heavy atom. The molecular weight excluding hydrogens is 364 g/mol. The molecule has 4 aromatic rings. The number of nitrogens with zero attached hydrogens (tertiary/aromatic N) is 4. The topological polar surface area (TPSA) is 97.0 Å². The third-order valence-corrected chi connectivity index (χ3v) is 4.38. The molecule has 0 aliphatic carbocycles. The van der Waals surface area contributed by atoms with Gasteiger partial charge >= 0.3 is 0 Å². The summed E-state index contributed by atoms with van der Waals surface area (Å²) in [5.74, 6) is 0.286. The second-order valence-electron chi connectivity index (χ2n) is 6.58. The lowest BCUT2D eigenvalue weighted by atomic mass is 10.2. The summed E-state index contributed by atoms with van der Waals surface area (Å²) in [6, 6.07) is 21.5. The Balaban J connectivity index is 1.58. The molecule has 1 amide bonds. The van der Waals surface area contributed by atoms with E-state index in [9.17, 15) is 4.79 Å². The zero-order valence-electron chi connectivity index (χ0n) is 15.7. The molecular formula is C22H20N6O. The number of pyridine rings is 1. The van der Waals surface area contributed by atoms with Gasteiger partial charge in [-0.3, -0.25) is 9.78 Å². The molecule has 2 aromatic heterocycles. The summed E-state index contributed by atoms with van der Waals surface area (Å²) in [5, 5.41) is 3.29. The van der Waals surface area contributed by atoms with E-state index in [0.29, 0.717) is 18.0 Å². The van der Waals surface area contributed by atoms with Crippen molar-refractivity contribution in [3.05, 3.63) is 84.7 Å². The second kappa shape index (κ2) is 8.35. The Morgan fingerprint density at radius 1 is 0.966 bits per heavy atom. The van der Waals surface area contributed by atoms with Crippen LogP contribution in [0.4, 0.5) is 17.2 Å². The van der Waals surface area contributed by atoms with Gasteiger partial charge < -0.3 is 16.0 Å². The molecule has 0 bridgehead atoms. The first-order valence-electron chi connectivity index (χ1n) is 9.19. The fourth-order valence-electron chi connectivity index (χ4n) is 3.08. The molecule has 7 heteroatoms. The number of carbonyl (C=O) groups excluding carboxylic acids is 1. The van der Waals surface area contributed by atoms with Crippen LogP contribution in [-0.2, 0) is 11.3 Å². The fraction of sp³-hybridized carbons (Fsp3) is 0.0909. The van der Waals surface area contributed by atoms with Gasteiger partial charge in [0.2, 0.25) is 5.91 Å². The highest BCUT2D eigenvalue weighted by Crippen LogP contribution is 2.24. The normalized spacial score (nSPS) is 10.6. The van der Waals surface area contributed by atoms with Crippen molar-refractivity contribution in [2.75, 3.05) is 16.8 Å². The van der Waals surface area contributed by atoms with Crippen LogP contribution < -0.4 is 16.0 Å². The first-order chi connectivity index (χ1) is 14.2.